The molecule has 0 saturated heterocycles. The maximum atomic E-state index is 13.2. The highest BCUT2D eigenvalue weighted by atomic mass is 79.9. The molecule has 4 nitrogen and oxygen atoms in total. The Kier molecular flexibility index (Phi) is 3.73. The second kappa shape index (κ2) is 5.79. The number of para-hydroxylation sites is 1. The van der Waals surface area contributed by atoms with Crippen molar-refractivity contribution in [2.24, 2.45) is 0 Å². The minimum absolute atomic E-state index is 0.292. The molecule has 1 aromatic heterocycles. The monoisotopic (exact) mass is 402 g/mol. The standard InChI is InChI=1S/C18H15BrN2O2S/c19-15-7-9-17(10-8-15)24(22,23)21-13-16-5-3-11-20(16)12-14-4-1-2-6-18(14)21/h1-11H,12-13H2. The highest BCUT2D eigenvalue weighted by Crippen LogP contribution is 2.32. The number of nitrogens with zero attached hydrogens (tertiary/aromatic N) is 2. The van der Waals surface area contributed by atoms with Crippen molar-refractivity contribution in [1.29, 1.82) is 0 Å². The quantitative estimate of drug-likeness (QED) is 0.649. The molecule has 0 unspecified atom stereocenters. The molecule has 3 aromatic rings. The van der Waals surface area contributed by atoms with E-state index in [1.807, 2.05) is 42.6 Å². The van der Waals surface area contributed by atoms with Gasteiger partial charge in [0.1, 0.15) is 0 Å². The lowest BCUT2D eigenvalue weighted by Gasteiger charge is -2.24. The molecule has 24 heavy (non-hydrogen) atoms. The van der Waals surface area contributed by atoms with Crippen LogP contribution in [0.15, 0.2) is 76.2 Å². The number of anilines is 1. The van der Waals surface area contributed by atoms with Crippen LogP contribution in [0.25, 0.3) is 0 Å². The zero-order chi connectivity index (χ0) is 16.7. The Hall–Kier alpha value is -2.05. The molecule has 122 valence electrons. The minimum Gasteiger partial charge on any atom is -0.345 e. The van der Waals surface area contributed by atoms with Gasteiger partial charge in [-0.3, -0.25) is 4.31 Å². The molecule has 2 heterocycles. The molecular weight excluding hydrogens is 388 g/mol. The highest BCUT2D eigenvalue weighted by molar-refractivity contribution is 9.10. The van der Waals surface area contributed by atoms with Crippen LogP contribution in [-0.4, -0.2) is 13.0 Å². The van der Waals surface area contributed by atoms with Crippen molar-refractivity contribution in [3.63, 3.8) is 0 Å². The molecule has 0 spiro atoms. The molecule has 0 radical (unpaired) electrons. The van der Waals surface area contributed by atoms with E-state index in [-0.39, 0.29) is 0 Å². The first-order chi connectivity index (χ1) is 11.6. The number of sulfonamides is 1. The molecular formula is C18H15BrN2O2S. The van der Waals surface area contributed by atoms with Gasteiger partial charge in [-0.1, -0.05) is 34.1 Å². The normalized spacial score (nSPS) is 14.0. The van der Waals surface area contributed by atoms with Crippen LogP contribution in [0.5, 0.6) is 0 Å². The van der Waals surface area contributed by atoms with Crippen molar-refractivity contribution < 1.29 is 8.42 Å². The Balaban J connectivity index is 1.88. The maximum Gasteiger partial charge on any atom is 0.264 e. The van der Waals surface area contributed by atoms with Crippen LogP contribution < -0.4 is 4.31 Å². The van der Waals surface area contributed by atoms with E-state index < -0.39 is 10.0 Å². The van der Waals surface area contributed by atoms with E-state index in [9.17, 15) is 8.42 Å². The SMILES string of the molecule is O=S(=O)(c1ccc(Br)cc1)N1Cc2cccn2Cc2ccccc21. The minimum atomic E-state index is -3.64. The second-order valence-corrected chi connectivity index (χ2v) is 8.50. The number of fused-ring (bicyclic) bond motifs is 2. The summed E-state index contributed by atoms with van der Waals surface area (Å²) in [5.41, 5.74) is 2.71. The van der Waals surface area contributed by atoms with Crippen molar-refractivity contribution >= 4 is 31.6 Å². The summed E-state index contributed by atoms with van der Waals surface area (Å²) in [5.74, 6) is 0. The molecule has 4 rings (SSSR count). The molecule has 1 aliphatic heterocycles. The van der Waals surface area contributed by atoms with Crippen LogP contribution in [0.3, 0.4) is 0 Å². The van der Waals surface area contributed by atoms with E-state index in [1.165, 1.54) is 4.31 Å². The Morgan fingerprint density at radius 1 is 0.875 bits per heavy atom. The summed E-state index contributed by atoms with van der Waals surface area (Å²) >= 11 is 3.35. The lowest BCUT2D eigenvalue weighted by Crippen LogP contribution is -2.30. The molecule has 6 heteroatoms. The van der Waals surface area contributed by atoms with E-state index in [0.717, 1.165) is 21.4 Å². The van der Waals surface area contributed by atoms with Gasteiger partial charge in [0.15, 0.2) is 0 Å². The summed E-state index contributed by atoms with van der Waals surface area (Å²) in [6.07, 6.45) is 1.99. The van der Waals surface area contributed by atoms with Gasteiger partial charge in [-0.15, -0.1) is 0 Å². The van der Waals surface area contributed by atoms with Gasteiger partial charge in [-0.05, 0) is 48.0 Å². The summed E-state index contributed by atoms with van der Waals surface area (Å²) in [4.78, 5) is 0.292. The van der Waals surface area contributed by atoms with Crippen molar-refractivity contribution in [3.8, 4) is 0 Å². The molecule has 0 saturated carbocycles. The molecule has 2 aromatic carbocycles. The van der Waals surface area contributed by atoms with Gasteiger partial charge in [-0.25, -0.2) is 8.42 Å². The Labute approximate surface area is 149 Å². The highest BCUT2D eigenvalue weighted by Gasteiger charge is 2.29. The summed E-state index contributed by atoms with van der Waals surface area (Å²) in [7, 11) is -3.64. The van der Waals surface area contributed by atoms with Gasteiger partial charge < -0.3 is 4.57 Å². The Bertz CT molecular complexity index is 994. The van der Waals surface area contributed by atoms with Crippen molar-refractivity contribution in [1.82, 2.24) is 4.57 Å². The third-order valence-corrected chi connectivity index (χ3v) is 6.53. The van der Waals surface area contributed by atoms with E-state index in [4.69, 9.17) is 0 Å². The first kappa shape index (κ1) is 15.5. The van der Waals surface area contributed by atoms with Gasteiger partial charge >= 0.3 is 0 Å². The maximum absolute atomic E-state index is 13.2. The summed E-state index contributed by atoms with van der Waals surface area (Å²) in [6, 6.07) is 18.4. The third kappa shape index (κ3) is 2.56. The van der Waals surface area contributed by atoms with E-state index in [0.29, 0.717) is 18.0 Å². The van der Waals surface area contributed by atoms with Crippen LogP contribution in [0.2, 0.25) is 0 Å². The lowest BCUT2D eigenvalue weighted by molar-refractivity contribution is 0.590. The third-order valence-electron chi connectivity index (χ3n) is 4.23. The van der Waals surface area contributed by atoms with Gasteiger partial charge in [0.25, 0.3) is 10.0 Å². The first-order valence-electron chi connectivity index (χ1n) is 7.56. The second-order valence-electron chi connectivity index (χ2n) is 5.72. The fourth-order valence-electron chi connectivity index (χ4n) is 3.00. The molecule has 0 aliphatic carbocycles. The largest absolute Gasteiger partial charge is 0.345 e. The summed E-state index contributed by atoms with van der Waals surface area (Å²) in [5, 5.41) is 0. The number of benzene rings is 2. The lowest BCUT2D eigenvalue weighted by atomic mass is 10.2. The Morgan fingerprint density at radius 2 is 1.62 bits per heavy atom. The molecule has 1 aliphatic rings. The molecule has 0 N–H and O–H groups in total. The van der Waals surface area contributed by atoms with Gasteiger partial charge in [-0.2, -0.15) is 0 Å². The summed E-state index contributed by atoms with van der Waals surface area (Å²) in [6.45, 7) is 0.993. The van der Waals surface area contributed by atoms with Crippen molar-refractivity contribution in [2.75, 3.05) is 4.31 Å². The van der Waals surface area contributed by atoms with E-state index in [1.54, 1.807) is 24.3 Å². The zero-order valence-corrected chi connectivity index (χ0v) is 15.2. The van der Waals surface area contributed by atoms with Crippen LogP contribution in [0.1, 0.15) is 11.3 Å². The predicted molar refractivity (Wildman–Crippen MR) is 97.5 cm³/mol. The van der Waals surface area contributed by atoms with Gasteiger partial charge in [0, 0.05) is 22.9 Å². The van der Waals surface area contributed by atoms with Crippen LogP contribution in [0, 0.1) is 0 Å². The van der Waals surface area contributed by atoms with Crippen molar-refractivity contribution in [3.05, 3.63) is 82.6 Å². The first-order valence-corrected chi connectivity index (χ1v) is 9.79. The van der Waals surface area contributed by atoms with Crippen molar-refractivity contribution in [2.45, 2.75) is 18.0 Å². The number of halogens is 1. The number of rotatable bonds is 2. The van der Waals surface area contributed by atoms with Gasteiger partial charge in [0.2, 0.25) is 0 Å². The number of hydrogen-bond donors (Lipinski definition) is 0. The molecule has 0 fully saturated rings. The fourth-order valence-corrected chi connectivity index (χ4v) is 4.74. The van der Waals surface area contributed by atoms with Crippen LogP contribution in [0.4, 0.5) is 5.69 Å². The van der Waals surface area contributed by atoms with E-state index in [2.05, 4.69) is 20.5 Å². The zero-order valence-electron chi connectivity index (χ0n) is 12.8. The molecule has 0 amide bonds. The molecule has 0 atom stereocenters. The number of hydrogen-bond acceptors (Lipinski definition) is 2. The smallest absolute Gasteiger partial charge is 0.264 e. The average Bonchev–Trinajstić information content (AvgIpc) is 2.94. The Morgan fingerprint density at radius 3 is 2.42 bits per heavy atom. The topological polar surface area (TPSA) is 42.3 Å². The summed E-state index contributed by atoms with van der Waals surface area (Å²) < 4.78 is 30.9. The van der Waals surface area contributed by atoms with E-state index >= 15 is 0 Å². The predicted octanol–water partition coefficient (Wildman–Crippen LogP) is 4.01. The molecule has 0 bridgehead atoms. The average molecular weight is 403 g/mol. The fraction of sp³-hybridized carbons (Fsp3) is 0.111. The van der Waals surface area contributed by atoms with Crippen LogP contribution >= 0.6 is 15.9 Å². The number of aromatic nitrogens is 1. The van der Waals surface area contributed by atoms with Gasteiger partial charge in [0.05, 0.1) is 17.1 Å². The van der Waals surface area contributed by atoms with Crippen LogP contribution in [-0.2, 0) is 23.1 Å².